The van der Waals surface area contributed by atoms with Crippen LogP contribution >= 0.6 is 10.0 Å². The van der Waals surface area contributed by atoms with E-state index in [4.69, 9.17) is 4.74 Å². The molecule has 44 heavy (non-hydrogen) atoms. The summed E-state index contributed by atoms with van der Waals surface area (Å²) < 4.78 is 24.9. The van der Waals surface area contributed by atoms with Crippen LogP contribution in [0.1, 0.15) is 68.3 Å². The molecule has 0 spiro atoms. The third-order valence-corrected chi connectivity index (χ3v) is 9.73. The van der Waals surface area contributed by atoms with Crippen molar-refractivity contribution in [3.63, 3.8) is 0 Å². The lowest BCUT2D eigenvalue weighted by Crippen LogP contribution is -2.49. The van der Waals surface area contributed by atoms with Gasteiger partial charge in [-0.3, -0.25) is 14.3 Å². The number of halogens is 1. The Morgan fingerprint density at radius 3 is 2.48 bits per heavy atom. The standard InChI is InChI=1S/C32H48FN7O3S/c1-8-25-28(22(4)38-40(25)20-43-18-19-44(5,6)7)24-14-15-27(35-30(24)33)36-32(42)29(23-12-10-21(3)11-13-23)37-31(41)26-16-17-34-39(26)9-2/h14-17,21,23,29H,8-13,18-20H2,1-7H3,(H,37,41)(H,35,36,42)/t21?,23?,29-/m0/s1. The molecule has 3 aromatic rings. The highest BCUT2D eigenvalue weighted by Gasteiger charge is 2.33. The van der Waals surface area contributed by atoms with Crippen LogP contribution in [0.15, 0.2) is 24.4 Å². The van der Waals surface area contributed by atoms with E-state index in [0.717, 1.165) is 37.1 Å². The molecule has 12 heteroatoms. The Bertz CT molecular complexity index is 1440. The number of hydrogen-bond donors (Lipinski definition) is 2. The molecule has 2 amide bonds. The molecule has 3 heterocycles. The Morgan fingerprint density at radius 1 is 1.11 bits per heavy atom. The third kappa shape index (κ3) is 8.26. The Morgan fingerprint density at radius 2 is 1.84 bits per heavy atom. The molecule has 0 saturated heterocycles. The molecule has 1 fully saturated rings. The molecule has 4 rings (SSSR count). The number of nitrogens with one attached hydrogen (secondary N) is 2. The maximum Gasteiger partial charge on any atom is 0.270 e. The van der Waals surface area contributed by atoms with Gasteiger partial charge in [0.15, 0.2) is 0 Å². The van der Waals surface area contributed by atoms with Gasteiger partial charge in [-0.1, -0.05) is 26.7 Å². The van der Waals surface area contributed by atoms with Gasteiger partial charge < -0.3 is 15.4 Å². The first-order valence-electron chi connectivity index (χ1n) is 15.5. The minimum absolute atomic E-state index is 0.0371. The maximum absolute atomic E-state index is 15.6. The number of rotatable bonds is 13. The Hall–Kier alpha value is -3.25. The van der Waals surface area contributed by atoms with Gasteiger partial charge in [-0.2, -0.15) is 14.6 Å². The van der Waals surface area contributed by atoms with Crippen molar-refractivity contribution < 1.29 is 18.7 Å². The maximum atomic E-state index is 15.6. The number of hydrogen-bond acceptors (Lipinski definition) is 6. The first-order valence-corrected chi connectivity index (χ1v) is 18.5. The topological polar surface area (TPSA) is 116 Å². The van der Waals surface area contributed by atoms with E-state index in [1.54, 1.807) is 33.8 Å². The molecule has 1 aliphatic carbocycles. The molecular formula is C32H48FN7O3S. The molecule has 3 aromatic heterocycles. The summed E-state index contributed by atoms with van der Waals surface area (Å²) in [5.41, 5.74) is 2.95. The third-order valence-electron chi connectivity index (χ3n) is 8.34. The van der Waals surface area contributed by atoms with Crippen LogP contribution in [0.4, 0.5) is 10.2 Å². The van der Waals surface area contributed by atoms with Gasteiger partial charge in [0.25, 0.3) is 5.91 Å². The smallest absolute Gasteiger partial charge is 0.270 e. The summed E-state index contributed by atoms with van der Waals surface area (Å²) in [7, 11) is -0.659. The Balaban J connectivity index is 1.52. The van der Waals surface area contributed by atoms with Crippen molar-refractivity contribution in [3.05, 3.63) is 47.4 Å². The molecule has 0 aliphatic heterocycles. The number of anilines is 1. The largest absolute Gasteiger partial charge is 0.358 e. The highest BCUT2D eigenvalue weighted by atomic mass is 32.3. The number of nitrogens with zero attached hydrogens (tertiary/aromatic N) is 5. The second-order valence-electron chi connectivity index (χ2n) is 12.6. The van der Waals surface area contributed by atoms with E-state index in [-0.39, 0.29) is 17.6 Å². The number of pyridine rings is 1. The average Bonchev–Trinajstić information content (AvgIpc) is 3.58. The van der Waals surface area contributed by atoms with E-state index in [9.17, 15) is 9.59 Å². The van der Waals surface area contributed by atoms with Crippen LogP contribution in [-0.4, -0.2) is 73.5 Å². The van der Waals surface area contributed by atoms with Gasteiger partial charge in [-0.15, -0.1) is 0 Å². The zero-order valence-corrected chi connectivity index (χ0v) is 28.0. The predicted octanol–water partition coefficient (Wildman–Crippen LogP) is 5.40. The number of ether oxygens (including phenoxy) is 1. The van der Waals surface area contributed by atoms with Gasteiger partial charge in [-0.05, 0) is 81.9 Å². The van der Waals surface area contributed by atoms with E-state index < -0.39 is 27.9 Å². The first-order chi connectivity index (χ1) is 20.9. The summed E-state index contributed by atoms with van der Waals surface area (Å²) in [5, 5.41) is 14.5. The van der Waals surface area contributed by atoms with Gasteiger partial charge >= 0.3 is 0 Å². The fourth-order valence-electron chi connectivity index (χ4n) is 5.81. The van der Waals surface area contributed by atoms with Crippen LogP contribution in [0.2, 0.25) is 0 Å². The normalized spacial score (nSPS) is 18.2. The van der Waals surface area contributed by atoms with Crippen molar-refractivity contribution in [3.8, 4) is 11.1 Å². The molecule has 1 saturated carbocycles. The van der Waals surface area contributed by atoms with Crippen LogP contribution < -0.4 is 10.6 Å². The summed E-state index contributed by atoms with van der Waals surface area (Å²) >= 11 is 0. The summed E-state index contributed by atoms with van der Waals surface area (Å²) in [4.78, 5) is 30.9. The summed E-state index contributed by atoms with van der Waals surface area (Å²) in [6.45, 7) is 9.43. The number of amides is 2. The van der Waals surface area contributed by atoms with Crippen molar-refractivity contribution in [2.24, 2.45) is 11.8 Å². The van der Waals surface area contributed by atoms with Crippen LogP contribution in [0, 0.1) is 24.7 Å². The molecule has 0 bridgehead atoms. The van der Waals surface area contributed by atoms with Crippen molar-refractivity contribution in [2.75, 3.05) is 36.4 Å². The molecule has 1 atom stereocenters. The summed E-state index contributed by atoms with van der Waals surface area (Å²) in [6, 6.07) is 4.08. The zero-order valence-electron chi connectivity index (χ0n) is 27.2. The number of carbonyl (C=O) groups excluding carboxylic acids is 2. The highest BCUT2D eigenvalue weighted by molar-refractivity contribution is 8.32. The molecule has 0 radical (unpaired) electrons. The predicted molar refractivity (Wildman–Crippen MR) is 175 cm³/mol. The van der Waals surface area contributed by atoms with Gasteiger partial charge in [0.05, 0.1) is 12.3 Å². The zero-order chi connectivity index (χ0) is 32.0. The van der Waals surface area contributed by atoms with Crippen LogP contribution in [0.5, 0.6) is 0 Å². The van der Waals surface area contributed by atoms with E-state index in [1.807, 2.05) is 20.8 Å². The van der Waals surface area contributed by atoms with Gasteiger partial charge in [0.1, 0.15) is 24.3 Å². The van der Waals surface area contributed by atoms with E-state index >= 15 is 4.39 Å². The Labute approximate surface area is 261 Å². The van der Waals surface area contributed by atoms with Crippen molar-refractivity contribution in [2.45, 2.75) is 79.1 Å². The number of aromatic nitrogens is 5. The minimum atomic E-state index is -0.785. The SMILES string of the molecule is CCc1c(-c2ccc(NC(=O)[C@@H](NC(=O)c3ccnn3CC)C3CCC(C)CC3)nc2F)c(C)nn1COCCS(C)(C)C. The molecule has 242 valence electrons. The fourth-order valence-corrected chi connectivity index (χ4v) is 6.43. The van der Waals surface area contributed by atoms with Crippen LogP contribution in [0.3, 0.4) is 0 Å². The molecular weight excluding hydrogens is 581 g/mol. The quantitative estimate of drug-likeness (QED) is 0.193. The van der Waals surface area contributed by atoms with Gasteiger partial charge in [0, 0.05) is 35.3 Å². The molecule has 1 aliphatic rings. The first kappa shape index (κ1) is 33.6. The monoisotopic (exact) mass is 629 g/mol. The van der Waals surface area contributed by atoms with Crippen molar-refractivity contribution in [1.29, 1.82) is 0 Å². The number of carbonyl (C=O) groups is 2. The molecule has 0 aromatic carbocycles. The minimum Gasteiger partial charge on any atom is -0.358 e. The Kier molecular flexibility index (Phi) is 11.2. The second kappa shape index (κ2) is 14.7. The lowest BCUT2D eigenvalue weighted by molar-refractivity contribution is -0.119. The van der Waals surface area contributed by atoms with Gasteiger partial charge in [-0.25, -0.2) is 19.7 Å². The molecule has 2 N–H and O–H groups in total. The van der Waals surface area contributed by atoms with Crippen LogP contribution in [-0.2, 0) is 29.2 Å². The van der Waals surface area contributed by atoms with Gasteiger partial charge in [0.2, 0.25) is 11.9 Å². The van der Waals surface area contributed by atoms with Crippen molar-refractivity contribution in [1.82, 2.24) is 29.9 Å². The lowest BCUT2D eigenvalue weighted by Gasteiger charge is -2.32. The molecule has 10 nitrogen and oxygen atoms in total. The summed E-state index contributed by atoms with van der Waals surface area (Å²) in [6.07, 6.45) is 12.6. The lowest BCUT2D eigenvalue weighted by atomic mass is 9.79. The summed E-state index contributed by atoms with van der Waals surface area (Å²) in [5.74, 6) is 0.164. The number of aryl methyl sites for hydroxylation is 2. The van der Waals surface area contributed by atoms with Crippen LogP contribution in [0.25, 0.3) is 11.1 Å². The molecule has 0 unspecified atom stereocenters. The van der Waals surface area contributed by atoms with E-state index in [0.29, 0.717) is 54.7 Å². The second-order valence-corrected chi connectivity index (χ2v) is 17.2. The van der Waals surface area contributed by atoms with E-state index in [1.165, 1.54) is 0 Å². The van der Waals surface area contributed by atoms with Crippen molar-refractivity contribution >= 4 is 27.7 Å². The highest BCUT2D eigenvalue weighted by Crippen LogP contribution is 2.34. The average molecular weight is 630 g/mol. The van der Waals surface area contributed by atoms with E-state index in [2.05, 4.69) is 51.5 Å². The fraction of sp³-hybridized carbons (Fsp3) is 0.594.